The molecule has 0 saturated carbocycles. The summed E-state index contributed by atoms with van der Waals surface area (Å²) in [5.74, 6) is 0.341. The summed E-state index contributed by atoms with van der Waals surface area (Å²) < 4.78 is 0. The standard InChI is InChI=1S/C15H22O/c1-4-15(5-2,13(3)16)12-11-14-9-7-6-8-10-14/h6-10H,4-5,11-12H2,1-3H3. The summed E-state index contributed by atoms with van der Waals surface area (Å²) in [5, 5.41) is 0. The lowest BCUT2D eigenvalue weighted by atomic mass is 9.74. The van der Waals surface area contributed by atoms with Crippen molar-refractivity contribution in [3.05, 3.63) is 35.9 Å². The van der Waals surface area contributed by atoms with Gasteiger partial charge >= 0.3 is 0 Å². The smallest absolute Gasteiger partial charge is 0.135 e. The maximum atomic E-state index is 11.7. The third-order valence-electron chi connectivity index (χ3n) is 3.84. The number of aryl methyl sites for hydroxylation is 1. The lowest BCUT2D eigenvalue weighted by Gasteiger charge is -2.28. The Morgan fingerprint density at radius 2 is 1.69 bits per heavy atom. The highest BCUT2D eigenvalue weighted by Crippen LogP contribution is 2.33. The van der Waals surface area contributed by atoms with E-state index in [2.05, 4.69) is 38.1 Å². The first-order valence-corrected chi connectivity index (χ1v) is 6.19. The Hall–Kier alpha value is -1.11. The predicted octanol–water partition coefficient (Wildman–Crippen LogP) is 4.01. The molecule has 0 saturated heterocycles. The molecule has 1 rings (SSSR count). The van der Waals surface area contributed by atoms with E-state index >= 15 is 0 Å². The zero-order chi connectivity index (χ0) is 12.0. The summed E-state index contributed by atoms with van der Waals surface area (Å²) in [6, 6.07) is 10.4. The van der Waals surface area contributed by atoms with Crippen LogP contribution in [0.15, 0.2) is 30.3 Å². The van der Waals surface area contributed by atoms with Gasteiger partial charge in [0.1, 0.15) is 5.78 Å². The molecule has 0 spiro atoms. The van der Waals surface area contributed by atoms with E-state index in [1.165, 1.54) is 5.56 Å². The molecule has 0 aromatic heterocycles. The summed E-state index contributed by atoms with van der Waals surface area (Å²) in [7, 11) is 0. The van der Waals surface area contributed by atoms with Gasteiger partial charge in [0.05, 0.1) is 0 Å². The van der Waals surface area contributed by atoms with E-state index < -0.39 is 0 Å². The van der Waals surface area contributed by atoms with Gasteiger partial charge in [0.25, 0.3) is 0 Å². The Balaban J connectivity index is 2.67. The molecule has 88 valence electrons. The molecule has 0 N–H and O–H groups in total. The van der Waals surface area contributed by atoms with Gasteiger partial charge in [-0.1, -0.05) is 44.2 Å². The highest BCUT2D eigenvalue weighted by Gasteiger charge is 2.30. The fourth-order valence-electron chi connectivity index (χ4n) is 2.31. The van der Waals surface area contributed by atoms with E-state index in [-0.39, 0.29) is 5.41 Å². The second-order valence-corrected chi connectivity index (χ2v) is 4.53. The Labute approximate surface area is 98.9 Å². The van der Waals surface area contributed by atoms with Crippen molar-refractivity contribution in [2.45, 2.75) is 46.5 Å². The van der Waals surface area contributed by atoms with Gasteiger partial charge in [-0.15, -0.1) is 0 Å². The molecular weight excluding hydrogens is 196 g/mol. The first-order valence-electron chi connectivity index (χ1n) is 6.19. The molecule has 0 atom stereocenters. The van der Waals surface area contributed by atoms with Crippen molar-refractivity contribution < 1.29 is 4.79 Å². The van der Waals surface area contributed by atoms with Crippen molar-refractivity contribution in [3.8, 4) is 0 Å². The first-order chi connectivity index (χ1) is 7.64. The molecule has 0 unspecified atom stereocenters. The Morgan fingerprint density at radius 1 is 1.12 bits per heavy atom. The number of carbonyl (C=O) groups is 1. The molecule has 0 bridgehead atoms. The van der Waals surface area contributed by atoms with Crippen LogP contribution in [-0.2, 0) is 11.2 Å². The fraction of sp³-hybridized carbons (Fsp3) is 0.533. The van der Waals surface area contributed by atoms with Crippen LogP contribution in [0.2, 0.25) is 0 Å². The van der Waals surface area contributed by atoms with Gasteiger partial charge in [0.2, 0.25) is 0 Å². The van der Waals surface area contributed by atoms with Gasteiger partial charge < -0.3 is 0 Å². The van der Waals surface area contributed by atoms with Crippen LogP contribution in [0.3, 0.4) is 0 Å². The van der Waals surface area contributed by atoms with E-state index in [4.69, 9.17) is 0 Å². The van der Waals surface area contributed by atoms with Crippen molar-refractivity contribution in [1.82, 2.24) is 0 Å². The number of carbonyl (C=O) groups excluding carboxylic acids is 1. The summed E-state index contributed by atoms with van der Waals surface area (Å²) in [5.41, 5.74) is 1.23. The van der Waals surface area contributed by atoms with Crippen molar-refractivity contribution in [2.75, 3.05) is 0 Å². The maximum absolute atomic E-state index is 11.7. The molecule has 1 heteroatoms. The van der Waals surface area contributed by atoms with E-state index in [0.29, 0.717) is 5.78 Å². The highest BCUT2D eigenvalue weighted by molar-refractivity contribution is 5.82. The van der Waals surface area contributed by atoms with E-state index in [0.717, 1.165) is 25.7 Å². The van der Waals surface area contributed by atoms with Crippen molar-refractivity contribution in [2.24, 2.45) is 5.41 Å². The van der Waals surface area contributed by atoms with Crippen LogP contribution in [0.5, 0.6) is 0 Å². The monoisotopic (exact) mass is 218 g/mol. The lowest BCUT2D eigenvalue weighted by Crippen LogP contribution is -2.28. The van der Waals surface area contributed by atoms with E-state index in [1.54, 1.807) is 6.92 Å². The highest BCUT2D eigenvalue weighted by atomic mass is 16.1. The molecule has 1 nitrogen and oxygen atoms in total. The first kappa shape index (κ1) is 13.0. The van der Waals surface area contributed by atoms with Crippen LogP contribution in [-0.4, -0.2) is 5.78 Å². The van der Waals surface area contributed by atoms with Gasteiger partial charge in [-0.25, -0.2) is 0 Å². The number of hydrogen-bond acceptors (Lipinski definition) is 1. The number of hydrogen-bond donors (Lipinski definition) is 0. The lowest BCUT2D eigenvalue weighted by molar-refractivity contribution is -0.127. The van der Waals surface area contributed by atoms with E-state index in [9.17, 15) is 4.79 Å². The largest absolute Gasteiger partial charge is 0.299 e. The van der Waals surface area contributed by atoms with Crippen LogP contribution >= 0.6 is 0 Å². The molecule has 1 aromatic rings. The number of Topliss-reactive ketones (excluding diaryl/α,β-unsaturated/α-hetero) is 1. The molecule has 1 aromatic carbocycles. The number of rotatable bonds is 6. The molecule has 16 heavy (non-hydrogen) atoms. The molecule has 0 amide bonds. The maximum Gasteiger partial charge on any atom is 0.135 e. The third-order valence-corrected chi connectivity index (χ3v) is 3.84. The minimum absolute atomic E-state index is 0.101. The van der Waals surface area contributed by atoms with Crippen LogP contribution in [0.4, 0.5) is 0 Å². The van der Waals surface area contributed by atoms with Crippen LogP contribution in [0.25, 0.3) is 0 Å². The minimum atomic E-state index is -0.101. The molecular formula is C15H22O. The zero-order valence-electron chi connectivity index (χ0n) is 10.6. The molecule has 0 fully saturated rings. The van der Waals surface area contributed by atoms with Gasteiger partial charge in [-0.3, -0.25) is 4.79 Å². The van der Waals surface area contributed by atoms with Crippen LogP contribution < -0.4 is 0 Å². The number of benzene rings is 1. The predicted molar refractivity (Wildman–Crippen MR) is 68.5 cm³/mol. The van der Waals surface area contributed by atoms with Gasteiger partial charge in [0.15, 0.2) is 0 Å². The molecule has 0 radical (unpaired) electrons. The van der Waals surface area contributed by atoms with Crippen molar-refractivity contribution in [3.63, 3.8) is 0 Å². The molecule has 0 heterocycles. The molecule has 0 aliphatic rings. The van der Waals surface area contributed by atoms with E-state index in [1.807, 2.05) is 6.07 Å². The van der Waals surface area contributed by atoms with Crippen LogP contribution in [0, 0.1) is 5.41 Å². The second-order valence-electron chi connectivity index (χ2n) is 4.53. The average Bonchev–Trinajstić information content (AvgIpc) is 2.32. The molecule has 0 aliphatic carbocycles. The third kappa shape index (κ3) is 2.94. The normalized spacial score (nSPS) is 11.4. The molecule has 0 aliphatic heterocycles. The zero-order valence-corrected chi connectivity index (χ0v) is 10.6. The van der Waals surface area contributed by atoms with Gasteiger partial charge in [0, 0.05) is 5.41 Å². The Kier molecular flexibility index (Phi) is 4.72. The van der Waals surface area contributed by atoms with Crippen LogP contribution in [0.1, 0.15) is 45.6 Å². The Morgan fingerprint density at radius 3 is 2.12 bits per heavy atom. The number of ketones is 1. The Bertz CT molecular complexity index is 323. The SMILES string of the molecule is CCC(CC)(CCc1ccccc1)C(C)=O. The summed E-state index contributed by atoms with van der Waals surface area (Å²) in [4.78, 5) is 11.7. The summed E-state index contributed by atoms with van der Waals surface area (Å²) in [6.45, 7) is 5.98. The second kappa shape index (κ2) is 5.83. The quantitative estimate of drug-likeness (QED) is 0.705. The summed E-state index contributed by atoms with van der Waals surface area (Å²) >= 11 is 0. The van der Waals surface area contributed by atoms with Gasteiger partial charge in [-0.2, -0.15) is 0 Å². The average molecular weight is 218 g/mol. The van der Waals surface area contributed by atoms with Gasteiger partial charge in [-0.05, 0) is 38.2 Å². The van der Waals surface area contributed by atoms with Crippen molar-refractivity contribution >= 4 is 5.78 Å². The summed E-state index contributed by atoms with van der Waals surface area (Å²) in [6.07, 6.45) is 3.87. The minimum Gasteiger partial charge on any atom is -0.299 e. The van der Waals surface area contributed by atoms with Crippen molar-refractivity contribution in [1.29, 1.82) is 0 Å². The topological polar surface area (TPSA) is 17.1 Å². The fourth-order valence-corrected chi connectivity index (χ4v) is 2.31.